The van der Waals surface area contributed by atoms with E-state index in [1.54, 1.807) is 24.1 Å². The molecule has 1 saturated heterocycles. The zero-order chi connectivity index (χ0) is 25.2. The van der Waals surface area contributed by atoms with Crippen molar-refractivity contribution in [2.24, 2.45) is 0 Å². The average Bonchev–Trinajstić information content (AvgIpc) is 3.54. The lowest BCUT2D eigenvalue weighted by Crippen LogP contribution is -2.49. The van der Waals surface area contributed by atoms with Gasteiger partial charge in [0, 0.05) is 52.0 Å². The van der Waals surface area contributed by atoms with Crippen LogP contribution in [0.4, 0.5) is 5.82 Å². The quantitative estimate of drug-likeness (QED) is 0.415. The predicted octanol–water partition coefficient (Wildman–Crippen LogP) is 3.38. The second-order valence-corrected chi connectivity index (χ2v) is 9.20. The summed E-state index contributed by atoms with van der Waals surface area (Å²) in [6.45, 7) is 8.06. The number of benzene rings is 1. The van der Waals surface area contributed by atoms with Crippen LogP contribution in [0, 0.1) is 13.8 Å². The maximum Gasteiger partial charge on any atom is 0.295 e. The molecule has 0 aliphatic carbocycles. The van der Waals surface area contributed by atoms with Crippen molar-refractivity contribution < 1.29 is 14.0 Å². The molecule has 1 fully saturated rings. The summed E-state index contributed by atoms with van der Waals surface area (Å²) < 4.78 is 7.25. The number of para-hydroxylation sites is 2. The summed E-state index contributed by atoms with van der Waals surface area (Å²) in [5, 5.41) is 0. The molecular formula is C27H30N6O3. The Bertz CT molecular complexity index is 1370. The van der Waals surface area contributed by atoms with Gasteiger partial charge < -0.3 is 13.9 Å². The zero-order valence-electron chi connectivity index (χ0n) is 20.8. The van der Waals surface area contributed by atoms with Crippen LogP contribution in [0.3, 0.4) is 0 Å². The molecule has 0 bridgehead atoms. The molecular weight excluding hydrogens is 456 g/mol. The minimum Gasteiger partial charge on any atom is -0.459 e. The van der Waals surface area contributed by atoms with E-state index in [1.807, 2.05) is 59.7 Å². The number of aromatic nitrogens is 3. The monoisotopic (exact) mass is 486 g/mol. The third-order valence-corrected chi connectivity index (χ3v) is 6.61. The first-order valence-electron chi connectivity index (χ1n) is 12.1. The van der Waals surface area contributed by atoms with Crippen LogP contribution >= 0.6 is 0 Å². The van der Waals surface area contributed by atoms with Gasteiger partial charge in [0.2, 0.25) is 5.82 Å². The van der Waals surface area contributed by atoms with Gasteiger partial charge in [0.1, 0.15) is 5.82 Å². The van der Waals surface area contributed by atoms with Crippen LogP contribution in [0.5, 0.6) is 0 Å². The fourth-order valence-electron chi connectivity index (χ4n) is 4.68. The van der Waals surface area contributed by atoms with E-state index >= 15 is 0 Å². The molecule has 0 saturated carbocycles. The molecule has 9 heteroatoms. The highest BCUT2D eigenvalue weighted by atomic mass is 16.3. The lowest BCUT2D eigenvalue weighted by molar-refractivity contribution is 0.0602. The van der Waals surface area contributed by atoms with E-state index in [9.17, 15) is 9.59 Å². The van der Waals surface area contributed by atoms with Gasteiger partial charge in [-0.3, -0.25) is 19.4 Å². The molecule has 0 atom stereocenters. The van der Waals surface area contributed by atoms with Crippen LogP contribution in [0.25, 0.3) is 11.0 Å². The number of nitrogens with zero attached hydrogens (tertiary/aromatic N) is 6. The van der Waals surface area contributed by atoms with E-state index < -0.39 is 0 Å². The summed E-state index contributed by atoms with van der Waals surface area (Å²) in [7, 11) is 1.74. The molecule has 2 amide bonds. The number of carbonyl (C=O) groups excluding carboxylic acids is 2. The summed E-state index contributed by atoms with van der Waals surface area (Å²) in [6.07, 6.45) is 1.52. The van der Waals surface area contributed by atoms with Gasteiger partial charge in [-0.1, -0.05) is 12.1 Å². The van der Waals surface area contributed by atoms with E-state index in [0.29, 0.717) is 37.0 Å². The van der Waals surface area contributed by atoms with Gasteiger partial charge in [0.25, 0.3) is 11.8 Å². The third kappa shape index (κ3) is 4.74. The number of hydrogen-bond acceptors (Lipinski definition) is 6. The molecule has 9 nitrogen and oxygen atoms in total. The number of furan rings is 1. The topological polar surface area (TPSA) is 87.7 Å². The molecule has 186 valence electrons. The van der Waals surface area contributed by atoms with Crippen molar-refractivity contribution in [3.63, 3.8) is 0 Å². The Morgan fingerprint density at radius 2 is 1.75 bits per heavy atom. The van der Waals surface area contributed by atoms with Crippen molar-refractivity contribution >= 4 is 28.7 Å². The van der Waals surface area contributed by atoms with Gasteiger partial charge in [-0.15, -0.1) is 0 Å². The number of amides is 2. The largest absolute Gasteiger partial charge is 0.459 e. The molecule has 4 heterocycles. The number of aryl methyl sites for hydroxylation is 2. The fourth-order valence-corrected chi connectivity index (χ4v) is 4.68. The van der Waals surface area contributed by atoms with Gasteiger partial charge in [-0.05, 0) is 55.8 Å². The number of pyridine rings is 1. The Kier molecular flexibility index (Phi) is 6.56. The number of rotatable bonds is 6. The summed E-state index contributed by atoms with van der Waals surface area (Å²) in [5.41, 5.74) is 3.63. The molecule has 0 spiro atoms. The molecule has 36 heavy (non-hydrogen) atoms. The Morgan fingerprint density at radius 3 is 2.47 bits per heavy atom. The summed E-state index contributed by atoms with van der Waals surface area (Å²) in [6, 6.07) is 15.1. The molecule has 5 rings (SSSR count). The number of anilines is 1. The molecule has 1 aromatic carbocycles. The summed E-state index contributed by atoms with van der Waals surface area (Å²) >= 11 is 0. The molecule has 4 aromatic rings. The minimum absolute atomic E-state index is 0.0730. The van der Waals surface area contributed by atoms with E-state index in [0.717, 1.165) is 41.9 Å². The Morgan fingerprint density at radius 1 is 0.972 bits per heavy atom. The van der Waals surface area contributed by atoms with E-state index in [-0.39, 0.29) is 11.8 Å². The maximum atomic E-state index is 13.6. The lowest BCUT2D eigenvalue weighted by atomic mass is 10.2. The maximum absolute atomic E-state index is 13.6. The van der Waals surface area contributed by atoms with Gasteiger partial charge >= 0.3 is 0 Å². The average molecular weight is 487 g/mol. The van der Waals surface area contributed by atoms with E-state index in [4.69, 9.17) is 9.40 Å². The van der Waals surface area contributed by atoms with Crippen molar-refractivity contribution in [3.05, 3.63) is 77.6 Å². The first kappa shape index (κ1) is 23.7. The van der Waals surface area contributed by atoms with E-state index in [1.165, 1.54) is 6.26 Å². The molecule has 1 aliphatic heterocycles. The van der Waals surface area contributed by atoms with Crippen LogP contribution in [0.2, 0.25) is 0 Å². The van der Waals surface area contributed by atoms with Gasteiger partial charge in [-0.2, -0.15) is 0 Å². The van der Waals surface area contributed by atoms with Crippen LogP contribution in [0.15, 0.2) is 59.2 Å². The van der Waals surface area contributed by atoms with Crippen molar-refractivity contribution in [2.45, 2.75) is 20.4 Å². The minimum atomic E-state index is -0.197. The number of hydrogen-bond donors (Lipinski definition) is 0. The van der Waals surface area contributed by atoms with Gasteiger partial charge in [0.15, 0.2) is 5.76 Å². The molecule has 0 radical (unpaired) electrons. The number of fused-ring (bicyclic) bond motifs is 1. The molecule has 3 aromatic heterocycles. The molecule has 1 aliphatic rings. The van der Waals surface area contributed by atoms with Crippen molar-refractivity contribution in [3.8, 4) is 0 Å². The fraction of sp³-hybridized carbons (Fsp3) is 0.333. The second kappa shape index (κ2) is 9.94. The molecule has 0 unspecified atom stereocenters. The van der Waals surface area contributed by atoms with Crippen molar-refractivity contribution in [1.29, 1.82) is 0 Å². The summed E-state index contributed by atoms with van der Waals surface area (Å²) in [4.78, 5) is 41.1. The van der Waals surface area contributed by atoms with Gasteiger partial charge in [-0.25, -0.2) is 9.97 Å². The Hall–Kier alpha value is -3.98. The highest BCUT2D eigenvalue weighted by Gasteiger charge is 2.26. The number of piperazine rings is 1. The zero-order valence-corrected chi connectivity index (χ0v) is 20.8. The van der Waals surface area contributed by atoms with Crippen molar-refractivity contribution in [1.82, 2.24) is 24.3 Å². The Labute approximate surface area is 209 Å². The third-order valence-electron chi connectivity index (χ3n) is 6.61. The highest BCUT2D eigenvalue weighted by molar-refractivity contribution is 6.04. The van der Waals surface area contributed by atoms with Crippen LogP contribution in [-0.2, 0) is 6.54 Å². The van der Waals surface area contributed by atoms with Crippen LogP contribution < -0.4 is 4.90 Å². The van der Waals surface area contributed by atoms with Crippen LogP contribution in [-0.4, -0.2) is 75.9 Å². The van der Waals surface area contributed by atoms with Gasteiger partial charge in [0.05, 0.1) is 17.3 Å². The summed E-state index contributed by atoms with van der Waals surface area (Å²) in [5.74, 6) is 1.10. The Balaban J connectivity index is 1.31. The first-order chi connectivity index (χ1) is 17.4. The van der Waals surface area contributed by atoms with Crippen LogP contribution in [0.1, 0.15) is 32.4 Å². The standard InChI is InChI=1S/C27H30N6O3/c1-19-17-20(2)28-24(18-19)30(3)27(35)25-29-21-7-4-5-8-22(21)33(25)15-12-31-10-13-32(14-11-31)26(34)23-9-6-16-36-23/h4-9,16-18H,10-15H2,1-3H3. The van der Waals surface area contributed by atoms with E-state index in [2.05, 4.69) is 9.88 Å². The predicted molar refractivity (Wildman–Crippen MR) is 137 cm³/mol. The lowest BCUT2D eigenvalue weighted by Gasteiger charge is -2.34. The number of imidazole rings is 1. The normalized spacial score (nSPS) is 14.4. The SMILES string of the molecule is Cc1cc(C)nc(N(C)C(=O)c2nc3ccccc3n2CCN2CCN(C(=O)c3ccco3)CC2)c1. The van der Waals surface area contributed by atoms with Crippen molar-refractivity contribution in [2.75, 3.05) is 44.7 Å². The first-order valence-corrected chi connectivity index (χ1v) is 12.1. The highest BCUT2D eigenvalue weighted by Crippen LogP contribution is 2.21. The smallest absolute Gasteiger partial charge is 0.295 e. The number of carbonyl (C=O) groups is 2. The second-order valence-electron chi connectivity index (χ2n) is 9.20. The molecule has 0 N–H and O–H groups in total.